The molecular formula is C20H23N3O3. The monoisotopic (exact) mass is 353 g/mol. The van der Waals surface area contributed by atoms with Gasteiger partial charge in [-0.15, -0.1) is 0 Å². The maximum absolute atomic E-state index is 12.3. The van der Waals surface area contributed by atoms with Crippen LogP contribution in [0.5, 0.6) is 5.75 Å². The molecule has 3 rings (SSSR count). The fourth-order valence-electron chi connectivity index (χ4n) is 2.72. The third-order valence-corrected chi connectivity index (χ3v) is 3.83. The van der Waals surface area contributed by atoms with Crippen molar-refractivity contribution in [1.29, 1.82) is 0 Å². The normalized spacial score (nSPS) is 13.7. The van der Waals surface area contributed by atoms with Crippen LogP contribution in [-0.4, -0.2) is 24.1 Å². The van der Waals surface area contributed by atoms with Gasteiger partial charge < -0.3 is 20.3 Å². The van der Waals surface area contributed by atoms with Gasteiger partial charge in [0.2, 0.25) is 0 Å². The molecule has 1 aliphatic heterocycles. The van der Waals surface area contributed by atoms with Gasteiger partial charge in [0.1, 0.15) is 5.75 Å². The molecule has 0 aromatic heterocycles. The smallest absolute Gasteiger partial charge is 0.319 e. The van der Waals surface area contributed by atoms with Crippen LogP contribution >= 0.6 is 0 Å². The lowest BCUT2D eigenvalue weighted by Crippen LogP contribution is -2.43. The molecule has 1 aliphatic rings. The van der Waals surface area contributed by atoms with Crippen molar-refractivity contribution in [3.05, 3.63) is 54.1 Å². The molecule has 0 radical (unpaired) electrons. The summed E-state index contributed by atoms with van der Waals surface area (Å²) in [7, 11) is 0. The SMILES string of the molecule is CC(C)(C)NC(=O)Nc1ccc2c(c1)OCC(=O)N2Cc1ccccc1. The summed E-state index contributed by atoms with van der Waals surface area (Å²) in [5, 5.41) is 5.63. The number of ether oxygens (including phenoxy) is 1. The third kappa shape index (κ3) is 4.33. The van der Waals surface area contributed by atoms with Crippen molar-refractivity contribution < 1.29 is 14.3 Å². The number of carbonyl (C=O) groups is 2. The fraction of sp³-hybridized carbons (Fsp3) is 0.300. The molecule has 1 heterocycles. The molecule has 136 valence electrons. The Hall–Kier alpha value is -3.02. The highest BCUT2D eigenvalue weighted by atomic mass is 16.5. The fourth-order valence-corrected chi connectivity index (χ4v) is 2.72. The predicted octanol–water partition coefficient (Wildman–Crippen LogP) is 3.53. The molecule has 0 saturated heterocycles. The zero-order valence-corrected chi connectivity index (χ0v) is 15.2. The van der Waals surface area contributed by atoms with Gasteiger partial charge in [0.05, 0.1) is 12.2 Å². The number of nitrogens with zero attached hydrogens (tertiary/aromatic N) is 1. The molecule has 0 atom stereocenters. The highest BCUT2D eigenvalue weighted by molar-refractivity contribution is 5.98. The van der Waals surface area contributed by atoms with E-state index >= 15 is 0 Å². The Balaban J connectivity index is 1.78. The zero-order chi connectivity index (χ0) is 18.7. The maximum Gasteiger partial charge on any atom is 0.319 e. The molecule has 0 saturated carbocycles. The molecule has 6 heteroatoms. The van der Waals surface area contributed by atoms with E-state index in [0.29, 0.717) is 23.7 Å². The number of amides is 3. The molecule has 0 fully saturated rings. The van der Waals surface area contributed by atoms with Gasteiger partial charge in [-0.05, 0) is 38.5 Å². The van der Waals surface area contributed by atoms with Crippen molar-refractivity contribution in [1.82, 2.24) is 5.32 Å². The van der Waals surface area contributed by atoms with Crippen LogP contribution in [0.4, 0.5) is 16.2 Å². The summed E-state index contributed by atoms with van der Waals surface area (Å²) < 4.78 is 5.56. The molecule has 6 nitrogen and oxygen atoms in total. The van der Waals surface area contributed by atoms with E-state index in [4.69, 9.17) is 4.74 Å². The summed E-state index contributed by atoms with van der Waals surface area (Å²) in [5.74, 6) is 0.488. The molecule has 2 aromatic carbocycles. The first kappa shape index (κ1) is 17.8. The van der Waals surface area contributed by atoms with Crippen LogP contribution in [0.2, 0.25) is 0 Å². The molecule has 2 N–H and O–H groups in total. The number of carbonyl (C=O) groups excluding carboxylic acids is 2. The minimum Gasteiger partial charge on any atom is -0.481 e. The molecule has 0 aliphatic carbocycles. The summed E-state index contributed by atoms with van der Waals surface area (Å²) in [6.45, 7) is 6.20. The average molecular weight is 353 g/mol. The predicted molar refractivity (Wildman–Crippen MR) is 101 cm³/mol. The van der Waals surface area contributed by atoms with E-state index in [0.717, 1.165) is 5.56 Å². The molecule has 0 bridgehead atoms. The summed E-state index contributed by atoms with van der Waals surface area (Å²) in [6.07, 6.45) is 0. The number of hydrogen-bond donors (Lipinski definition) is 2. The van der Waals surface area contributed by atoms with Crippen molar-refractivity contribution in [2.45, 2.75) is 32.9 Å². The second-order valence-corrected chi connectivity index (χ2v) is 7.27. The van der Waals surface area contributed by atoms with E-state index in [1.165, 1.54) is 0 Å². The Morgan fingerprint density at radius 1 is 1.15 bits per heavy atom. The summed E-state index contributed by atoms with van der Waals surface area (Å²) in [4.78, 5) is 26.0. The number of benzene rings is 2. The first-order chi connectivity index (χ1) is 12.3. The van der Waals surface area contributed by atoms with Gasteiger partial charge in [0.15, 0.2) is 6.61 Å². The summed E-state index contributed by atoms with van der Waals surface area (Å²) >= 11 is 0. The Morgan fingerprint density at radius 2 is 1.88 bits per heavy atom. The maximum atomic E-state index is 12.3. The zero-order valence-electron chi connectivity index (χ0n) is 15.2. The lowest BCUT2D eigenvalue weighted by Gasteiger charge is -2.30. The Kier molecular flexibility index (Phi) is 4.84. The minimum atomic E-state index is -0.326. The lowest BCUT2D eigenvalue weighted by molar-refractivity contribution is -0.121. The van der Waals surface area contributed by atoms with Gasteiger partial charge >= 0.3 is 6.03 Å². The van der Waals surface area contributed by atoms with Gasteiger partial charge in [0.25, 0.3) is 5.91 Å². The van der Waals surface area contributed by atoms with E-state index in [9.17, 15) is 9.59 Å². The molecular weight excluding hydrogens is 330 g/mol. The molecule has 26 heavy (non-hydrogen) atoms. The standard InChI is InChI=1S/C20H23N3O3/c1-20(2,3)22-19(25)21-15-9-10-16-17(11-15)26-13-18(24)23(16)12-14-7-5-4-6-8-14/h4-11H,12-13H2,1-3H3,(H2,21,22,25). The molecule has 0 unspecified atom stereocenters. The van der Waals surface area contributed by atoms with E-state index in [1.54, 1.807) is 23.1 Å². The number of fused-ring (bicyclic) bond motifs is 1. The van der Waals surface area contributed by atoms with E-state index in [1.807, 2.05) is 51.1 Å². The second-order valence-electron chi connectivity index (χ2n) is 7.27. The third-order valence-electron chi connectivity index (χ3n) is 3.83. The van der Waals surface area contributed by atoms with Gasteiger partial charge in [-0.3, -0.25) is 4.79 Å². The average Bonchev–Trinajstić information content (AvgIpc) is 2.56. The van der Waals surface area contributed by atoms with Crippen LogP contribution in [0.15, 0.2) is 48.5 Å². The van der Waals surface area contributed by atoms with Crippen molar-refractivity contribution in [3.63, 3.8) is 0 Å². The topological polar surface area (TPSA) is 70.7 Å². The lowest BCUT2D eigenvalue weighted by atomic mass is 10.1. The summed E-state index contributed by atoms with van der Waals surface area (Å²) in [5.41, 5.74) is 2.03. The van der Waals surface area contributed by atoms with Crippen LogP contribution < -0.4 is 20.3 Å². The van der Waals surface area contributed by atoms with Crippen LogP contribution in [-0.2, 0) is 11.3 Å². The van der Waals surface area contributed by atoms with Crippen LogP contribution in [0.25, 0.3) is 0 Å². The van der Waals surface area contributed by atoms with Gasteiger partial charge in [-0.25, -0.2) is 4.79 Å². The number of hydrogen-bond acceptors (Lipinski definition) is 3. The molecule has 2 aromatic rings. The number of urea groups is 1. The second kappa shape index (κ2) is 7.07. The van der Waals surface area contributed by atoms with E-state index in [2.05, 4.69) is 10.6 Å². The van der Waals surface area contributed by atoms with Crippen molar-refractivity contribution in [2.75, 3.05) is 16.8 Å². The van der Waals surface area contributed by atoms with Crippen molar-refractivity contribution in [2.24, 2.45) is 0 Å². The largest absolute Gasteiger partial charge is 0.481 e. The van der Waals surface area contributed by atoms with Gasteiger partial charge in [-0.2, -0.15) is 0 Å². The Bertz CT molecular complexity index is 813. The van der Waals surface area contributed by atoms with Crippen molar-refractivity contribution >= 4 is 23.3 Å². The Morgan fingerprint density at radius 3 is 2.58 bits per heavy atom. The van der Waals surface area contributed by atoms with E-state index < -0.39 is 0 Å². The number of nitrogens with one attached hydrogen (secondary N) is 2. The molecule has 3 amide bonds. The first-order valence-electron chi connectivity index (χ1n) is 8.52. The number of anilines is 2. The highest BCUT2D eigenvalue weighted by Crippen LogP contribution is 2.35. The quantitative estimate of drug-likeness (QED) is 0.887. The van der Waals surface area contributed by atoms with Gasteiger partial charge in [-0.1, -0.05) is 30.3 Å². The first-order valence-corrected chi connectivity index (χ1v) is 8.52. The minimum absolute atomic E-state index is 0.0164. The summed E-state index contributed by atoms with van der Waals surface area (Å²) in [6, 6.07) is 14.8. The Labute approximate surface area is 153 Å². The van der Waals surface area contributed by atoms with Crippen LogP contribution in [0, 0.1) is 0 Å². The van der Waals surface area contributed by atoms with Crippen LogP contribution in [0.1, 0.15) is 26.3 Å². The molecule has 0 spiro atoms. The van der Waals surface area contributed by atoms with Crippen LogP contribution in [0.3, 0.4) is 0 Å². The highest BCUT2D eigenvalue weighted by Gasteiger charge is 2.26. The van der Waals surface area contributed by atoms with Crippen molar-refractivity contribution in [3.8, 4) is 5.75 Å². The van der Waals surface area contributed by atoms with Gasteiger partial charge in [0, 0.05) is 17.3 Å². The van der Waals surface area contributed by atoms with E-state index in [-0.39, 0.29) is 24.1 Å². The number of rotatable bonds is 3.